The maximum Gasteiger partial charge on any atom is 0.289 e. The first kappa shape index (κ1) is 25.2. The van der Waals surface area contributed by atoms with Gasteiger partial charge in [-0.3, -0.25) is 4.79 Å². The number of aryl methyl sites for hydroxylation is 1. The van der Waals surface area contributed by atoms with E-state index in [9.17, 15) is 9.90 Å². The third kappa shape index (κ3) is 4.95. The first-order valence-corrected chi connectivity index (χ1v) is 12.6. The van der Waals surface area contributed by atoms with Crippen LogP contribution in [0.4, 0.5) is 0 Å². The Balaban J connectivity index is 1.53. The summed E-state index contributed by atoms with van der Waals surface area (Å²) in [6.07, 6.45) is 2.24. The van der Waals surface area contributed by atoms with E-state index in [-0.39, 0.29) is 16.7 Å². The number of carbonyl (C=O) groups excluding carboxylic acids is 1. The van der Waals surface area contributed by atoms with Crippen molar-refractivity contribution in [2.24, 2.45) is 0 Å². The molecule has 0 saturated heterocycles. The Kier molecular flexibility index (Phi) is 6.72. The lowest BCUT2D eigenvalue weighted by atomic mass is 9.62. The Morgan fingerprint density at radius 1 is 1.00 bits per heavy atom. The van der Waals surface area contributed by atoms with Crippen molar-refractivity contribution in [3.63, 3.8) is 0 Å². The number of hydrogen-bond acceptors (Lipinski definition) is 3. The second kappa shape index (κ2) is 9.31. The molecule has 1 aliphatic rings. The van der Waals surface area contributed by atoms with E-state index in [2.05, 4.69) is 46.8 Å². The molecular formula is C31H39NO3. The maximum absolute atomic E-state index is 13.1. The Hall–Kier alpha value is -2.85. The van der Waals surface area contributed by atoms with Crippen molar-refractivity contribution in [1.29, 1.82) is 0 Å². The van der Waals surface area contributed by atoms with Crippen molar-refractivity contribution in [1.82, 2.24) is 4.90 Å². The van der Waals surface area contributed by atoms with Gasteiger partial charge >= 0.3 is 0 Å². The molecule has 0 aliphatic heterocycles. The van der Waals surface area contributed by atoms with Crippen molar-refractivity contribution in [2.45, 2.75) is 83.8 Å². The van der Waals surface area contributed by atoms with Crippen LogP contribution in [0.1, 0.15) is 97.7 Å². The molecule has 4 nitrogen and oxygen atoms in total. The standard InChI is InChI=1S/C31H39NO3/c1-20-17-25-26(31(5,6)16-15-30(25,3)4)19-23(20)18-24-13-14-27(35-24)29(34)32(7)21(2)28(33)22-11-9-8-10-12-22/h8-14,17,19,21,28,33H,15-16,18H2,1-7H3/t21-,28+/m1/s1. The molecule has 1 heterocycles. The molecule has 186 valence electrons. The molecule has 0 fully saturated rings. The van der Waals surface area contributed by atoms with Crippen LogP contribution in [0, 0.1) is 6.92 Å². The lowest BCUT2D eigenvalue weighted by Crippen LogP contribution is -2.38. The summed E-state index contributed by atoms with van der Waals surface area (Å²) in [6, 6.07) is 17.4. The summed E-state index contributed by atoms with van der Waals surface area (Å²) in [7, 11) is 1.71. The molecule has 2 aromatic carbocycles. The average molecular weight is 474 g/mol. The molecule has 0 saturated carbocycles. The number of nitrogens with zero attached hydrogens (tertiary/aromatic N) is 1. The first-order chi connectivity index (χ1) is 16.4. The van der Waals surface area contributed by atoms with Gasteiger partial charge in [-0.1, -0.05) is 70.2 Å². The van der Waals surface area contributed by atoms with Crippen LogP contribution in [0.5, 0.6) is 0 Å². The van der Waals surface area contributed by atoms with E-state index in [0.29, 0.717) is 12.2 Å². The molecule has 0 radical (unpaired) electrons. The summed E-state index contributed by atoms with van der Waals surface area (Å²) < 4.78 is 6.03. The van der Waals surface area contributed by atoms with Gasteiger partial charge in [0, 0.05) is 13.5 Å². The van der Waals surface area contributed by atoms with Gasteiger partial charge in [-0.2, -0.15) is 0 Å². The van der Waals surface area contributed by atoms with Crippen molar-refractivity contribution in [2.75, 3.05) is 7.05 Å². The zero-order chi connectivity index (χ0) is 25.5. The van der Waals surface area contributed by atoms with Crippen LogP contribution in [0.25, 0.3) is 0 Å². The highest BCUT2D eigenvalue weighted by atomic mass is 16.4. The number of benzene rings is 2. The number of aliphatic hydroxyl groups is 1. The predicted octanol–water partition coefficient (Wildman–Crippen LogP) is 6.72. The number of fused-ring (bicyclic) bond motifs is 1. The average Bonchev–Trinajstić information content (AvgIpc) is 3.30. The van der Waals surface area contributed by atoms with Gasteiger partial charge in [-0.15, -0.1) is 0 Å². The van der Waals surface area contributed by atoms with E-state index >= 15 is 0 Å². The van der Waals surface area contributed by atoms with Crippen LogP contribution >= 0.6 is 0 Å². The lowest BCUT2D eigenvalue weighted by Gasteiger charge is -2.42. The fourth-order valence-corrected chi connectivity index (χ4v) is 5.23. The molecule has 1 aliphatic carbocycles. The van der Waals surface area contributed by atoms with Gasteiger partial charge in [0.1, 0.15) is 5.76 Å². The second-order valence-electron chi connectivity index (χ2n) is 11.5. The fraction of sp³-hybridized carbons (Fsp3) is 0.452. The highest BCUT2D eigenvalue weighted by molar-refractivity contribution is 5.91. The second-order valence-corrected chi connectivity index (χ2v) is 11.5. The predicted molar refractivity (Wildman–Crippen MR) is 141 cm³/mol. The zero-order valence-electron chi connectivity index (χ0n) is 22.2. The zero-order valence-corrected chi connectivity index (χ0v) is 22.2. The Bertz CT molecular complexity index is 1210. The van der Waals surface area contributed by atoms with Crippen LogP contribution in [0.3, 0.4) is 0 Å². The van der Waals surface area contributed by atoms with Crippen LogP contribution in [0.2, 0.25) is 0 Å². The summed E-state index contributed by atoms with van der Waals surface area (Å²) in [5.41, 5.74) is 6.51. The van der Waals surface area contributed by atoms with Gasteiger partial charge in [0.15, 0.2) is 5.76 Å². The minimum absolute atomic E-state index is 0.149. The normalized spacial score (nSPS) is 17.9. The monoisotopic (exact) mass is 473 g/mol. The van der Waals surface area contributed by atoms with Crippen LogP contribution < -0.4 is 0 Å². The molecule has 0 unspecified atom stereocenters. The van der Waals surface area contributed by atoms with Gasteiger partial charge in [-0.25, -0.2) is 0 Å². The third-order valence-corrected chi connectivity index (χ3v) is 8.08. The van der Waals surface area contributed by atoms with Gasteiger partial charge < -0.3 is 14.4 Å². The van der Waals surface area contributed by atoms with Crippen molar-refractivity contribution in [3.05, 3.63) is 93.9 Å². The number of carbonyl (C=O) groups is 1. The maximum atomic E-state index is 13.1. The van der Waals surface area contributed by atoms with E-state index in [4.69, 9.17) is 4.42 Å². The summed E-state index contributed by atoms with van der Waals surface area (Å²) in [5.74, 6) is 0.837. The Morgan fingerprint density at radius 2 is 1.60 bits per heavy atom. The largest absolute Gasteiger partial charge is 0.456 e. The van der Waals surface area contributed by atoms with E-state index < -0.39 is 12.1 Å². The fourth-order valence-electron chi connectivity index (χ4n) is 5.23. The SMILES string of the molecule is Cc1cc2c(cc1Cc1ccc(C(=O)N(C)[C@H](C)[C@H](O)c3ccccc3)o1)C(C)(C)CCC2(C)C. The van der Waals surface area contributed by atoms with E-state index in [1.165, 1.54) is 35.1 Å². The highest BCUT2D eigenvalue weighted by Gasteiger charge is 2.37. The molecule has 35 heavy (non-hydrogen) atoms. The van der Waals surface area contributed by atoms with E-state index in [1.54, 1.807) is 18.0 Å². The van der Waals surface area contributed by atoms with Gasteiger partial charge in [-0.05, 0) is 77.5 Å². The molecule has 4 rings (SSSR count). The lowest BCUT2D eigenvalue weighted by molar-refractivity contribution is 0.0460. The molecule has 0 bridgehead atoms. The highest BCUT2D eigenvalue weighted by Crippen LogP contribution is 2.46. The van der Waals surface area contributed by atoms with E-state index in [1.807, 2.05) is 43.3 Å². The van der Waals surface area contributed by atoms with Gasteiger partial charge in [0.25, 0.3) is 5.91 Å². The number of likely N-dealkylation sites (N-methyl/N-ethyl adjacent to an activating group) is 1. The molecule has 0 spiro atoms. The topological polar surface area (TPSA) is 53.7 Å². The minimum atomic E-state index is -0.773. The number of hydrogen-bond donors (Lipinski definition) is 1. The van der Waals surface area contributed by atoms with E-state index in [0.717, 1.165) is 11.3 Å². The molecule has 1 N–H and O–H groups in total. The number of amides is 1. The van der Waals surface area contributed by atoms with Crippen molar-refractivity contribution < 1.29 is 14.3 Å². The summed E-state index contributed by atoms with van der Waals surface area (Å²) in [4.78, 5) is 14.7. The van der Waals surface area contributed by atoms with Crippen LogP contribution in [-0.2, 0) is 17.3 Å². The van der Waals surface area contributed by atoms with Crippen molar-refractivity contribution >= 4 is 5.91 Å². The molecule has 3 aromatic rings. The summed E-state index contributed by atoms with van der Waals surface area (Å²) in [6.45, 7) is 13.4. The molecule has 1 aromatic heterocycles. The minimum Gasteiger partial charge on any atom is -0.456 e. The van der Waals surface area contributed by atoms with Crippen molar-refractivity contribution in [3.8, 4) is 0 Å². The van der Waals surface area contributed by atoms with Gasteiger partial charge in [0.05, 0.1) is 12.1 Å². The quantitative estimate of drug-likeness (QED) is 0.432. The number of furan rings is 1. The third-order valence-electron chi connectivity index (χ3n) is 8.08. The smallest absolute Gasteiger partial charge is 0.289 e. The summed E-state index contributed by atoms with van der Waals surface area (Å²) in [5, 5.41) is 10.7. The van der Waals surface area contributed by atoms with Crippen LogP contribution in [0.15, 0.2) is 59.0 Å². The van der Waals surface area contributed by atoms with Gasteiger partial charge in [0.2, 0.25) is 0 Å². The Labute approximate surface area is 210 Å². The molecule has 1 amide bonds. The molecule has 2 atom stereocenters. The van der Waals surface area contributed by atoms with Crippen LogP contribution in [-0.4, -0.2) is 29.0 Å². The first-order valence-electron chi connectivity index (χ1n) is 12.6. The number of aliphatic hydroxyl groups excluding tert-OH is 1. The summed E-state index contributed by atoms with van der Waals surface area (Å²) >= 11 is 0. The molecular weight excluding hydrogens is 434 g/mol. The number of rotatable bonds is 6. The Morgan fingerprint density at radius 3 is 2.23 bits per heavy atom. The molecule has 4 heteroatoms.